The second kappa shape index (κ2) is 9.42. The van der Waals surface area contributed by atoms with Gasteiger partial charge in [0.15, 0.2) is 6.61 Å². The Labute approximate surface area is 158 Å². The van der Waals surface area contributed by atoms with E-state index in [2.05, 4.69) is 5.32 Å². The van der Waals surface area contributed by atoms with Gasteiger partial charge in [-0.05, 0) is 24.3 Å². The summed E-state index contributed by atoms with van der Waals surface area (Å²) in [6, 6.07) is 6.80. The van der Waals surface area contributed by atoms with E-state index in [1.165, 1.54) is 25.3 Å². The van der Waals surface area contributed by atoms with E-state index in [1.807, 2.05) is 0 Å². The molecule has 9 nitrogen and oxygen atoms in total. The van der Waals surface area contributed by atoms with Crippen LogP contribution in [0.2, 0.25) is 0 Å². The molecule has 0 aliphatic carbocycles. The fourth-order valence-electron chi connectivity index (χ4n) is 2.34. The average molecular weight is 392 g/mol. The number of nitro groups is 1. The topological polar surface area (TPSA) is 128 Å². The van der Waals surface area contributed by atoms with Gasteiger partial charge in [0.2, 0.25) is 5.78 Å². The molecule has 0 amide bonds. The minimum Gasteiger partial charge on any atom is -0.496 e. The minimum absolute atomic E-state index is 0.0948. The number of aliphatic hydroxyl groups is 1. The van der Waals surface area contributed by atoms with Gasteiger partial charge < -0.3 is 19.9 Å². The first-order chi connectivity index (χ1) is 13.4. The second-order valence-corrected chi connectivity index (χ2v) is 5.48. The number of carbonyl (C=O) groups excluding carboxylic acids is 2. The van der Waals surface area contributed by atoms with Crippen molar-refractivity contribution in [2.75, 3.05) is 32.2 Å². The molecule has 0 atom stereocenters. The van der Waals surface area contributed by atoms with Crippen LogP contribution >= 0.6 is 0 Å². The summed E-state index contributed by atoms with van der Waals surface area (Å²) in [4.78, 5) is 34.9. The second-order valence-electron chi connectivity index (χ2n) is 5.48. The van der Waals surface area contributed by atoms with Crippen molar-refractivity contribution in [3.05, 3.63) is 63.5 Å². The van der Waals surface area contributed by atoms with Crippen molar-refractivity contribution >= 4 is 23.1 Å². The zero-order valence-corrected chi connectivity index (χ0v) is 14.8. The Morgan fingerprint density at radius 1 is 1.21 bits per heavy atom. The summed E-state index contributed by atoms with van der Waals surface area (Å²) in [5.41, 5.74) is -0.435. The van der Waals surface area contributed by atoms with Gasteiger partial charge in [0.1, 0.15) is 11.6 Å². The quantitative estimate of drug-likeness (QED) is 0.288. The Balaban J connectivity index is 2.20. The summed E-state index contributed by atoms with van der Waals surface area (Å²) < 4.78 is 23.3. The predicted octanol–water partition coefficient (Wildman–Crippen LogP) is 2.19. The zero-order chi connectivity index (χ0) is 20.7. The SMILES string of the molecule is COc1ccc(F)cc1C(=O)COC(=O)c1cc([N+](=O)[O-])ccc1NCCO. The lowest BCUT2D eigenvalue weighted by Crippen LogP contribution is -2.17. The lowest BCUT2D eigenvalue weighted by atomic mass is 10.1. The molecule has 0 fully saturated rings. The van der Waals surface area contributed by atoms with Crippen LogP contribution in [0.1, 0.15) is 20.7 Å². The number of carbonyl (C=O) groups is 2. The highest BCUT2D eigenvalue weighted by molar-refractivity contribution is 6.02. The first-order valence-electron chi connectivity index (χ1n) is 8.04. The smallest absolute Gasteiger partial charge is 0.340 e. The van der Waals surface area contributed by atoms with Crippen molar-refractivity contribution in [3.63, 3.8) is 0 Å². The molecule has 0 heterocycles. The van der Waals surface area contributed by atoms with Gasteiger partial charge in [-0.1, -0.05) is 0 Å². The van der Waals surface area contributed by atoms with E-state index in [0.29, 0.717) is 0 Å². The Kier molecular flexibility index (Phi) is 6.99. The van der Waals surface area contributed by atoms with Crippen LogP contribution < -0.4 is 10.1 Å². The van der Waals surface area contributed by atoms with Crippen molar-refractivity contribution in [2.24, 2.45) is 0 Å². The Morgan fingerprint density at radius 3 is 2.61 bits per heavy atom. The predicted molar refractivity (Wildman–Crippen MR) is 96.2 cm³/mol. The number of ketones is 1. The number of hydrogen-bond donors (Lipinski definition) is 2. The van der Waals surface area contributed by atoms with Gasteiger partial charge in [-0.2, -0.15) is 0 Å². The molecular weight excluding hydrogens is 375 g/mol. The number of rotatable bonds is 9. The van der Waals surface area contributed by atoms with E-state index in [-0.39, 0.29) is 41.4 Å². The molecule has 0 spiro atoms. The molecule has 2 aromatic rings. The molecule has 148 valence electrons. The molecule has 0 bridgehead atoms. The van der Waals surface area contributed by atoms with Gasteiger partial charge >= 0.3 is 5.97 Å². The molecule has 0 aromatic heterocycles. The van der Waals surface area contributed by atoms with Gasteiger partial charge in [0.25, 0.3) is 5.69 Å². The molecule has 28 heavy (non-hydrogen) atoms. The van der Waals surface area contributed by atoms with Gasteiger partial charge in [0, 0.05) is 24.4 Å². The summed E-state index contributed by atoms with van der Waals surface area (Å²) in [5.74, 6) is -2.25. The average Bonchev–Trinajstić information content (AvgIpc) is 2.69. The van der Waals surface area contributed by atoms with Crippen LogP contribution in [0, 0.1) is 15.9 Å². The third-order valence-corrected chi connectivity index (χ3v) is 3.66. The van der Waals surface area contributed by atoms with E-state index >= 15 is 0 Å². The summed E-state index contributed by atoms with van der Waals surface area (Å²) in [6.07, 6.45) is 0. The molecule has 2 N–H and O–H groups in total. The van der Waals surface area contributed by atoms with Gasteiger partial charge in [0.05, 0.1) is 29.8 Å². The molecule has 10 heteroatoms. The first-order valence-corrected chi connectivity index (χ1v) is 8.04. The minimum atomic E-state index is -0.993. The van der Waals surface area contributed by atoms with E-state index in [0.717, 1.165) is 18.2 Å². The summed E-state index contributed by atoms with van der Waals surface area (Å²) in [6.45, 7) is -0.860. The number of anilines is 1. The highest BCUT2D eigenvalue weighted by Gasteiger charge is 2.20. The number of hydrogen-bond acceptors (Lipinski definition) is 8. The van der Waals surface area contributed by atoms with Gasteiger partial charge in [-0.15, -0.1) is 0 Å². The van der Waals surface area contributed by atoms with Crippen molar-refractivity contribution in [3.8, 4) is 5.75 Å². The number of Topliss-reactive ketones (excluding diaryl/α,β-unsaturated/α-hetero) is 1. The van der Waals surface area contributed by atoms with Crippen LogP contribution in [0.25, 0.3) is 0 Å². The number of nitrogens with one attached hydrogen (secondary N) is 1. The van der Waals surface area contributed by atoms with Crippen LogP contribution in [0.4, 0.5) is 15.8 Å². The molecule has 0 radical (unpaired) electrons. The molecule has 2 aromatic carbocycles. The number of benzene rings is 2. The number of halogens is 1. The number of nitrogens with zero attached hydrogens (tertiary/aromatic N) is 1. The van der Waals surface area contributed by atoms with Gasteiger partial charge in [-0.3, -0.25) is 14.9 Å². The van der Waals surface area contributed by atoms with E-state index in [4.69, 9.17) is 14.6 Å². The van der Waals surface area contributed by atoms with Crippen molar-refractivity contribution in [1.82, 2.24) is 0 Å². The molecular formula is C18H17FN2O7. The van der Waals surface area contributed by atoms with Crippen LogP contribution in [-0.4, -0.2) is 48.7 Å². The van der Waals surface area contributed by atoms with E-state index in [1.54, 1.807) is 0 Å². The maximum absolute atomic E-state index is 13.4. The third kappa shape index (κ3) is 5.01. The first kappa shape index (κ1) is 20.8. The Bertz CT molecular complexity index is 901. The highest BCUT2D eigenvalue weighted by Crippen LogP contribution is 2.24. The van der Waals surface area contributed by atoms with Crippen LogP contribution in [-0.2, 0) is 4.74 Å². The third-order valence-electron chi connectivity index (χ3n) is 3.66. The Morgan fingerprint density at radius 2 is 1.96 bits per heavy atom. The summed E-state index contributed by atoms with van der Waals surface area (Å²) in [7, 11) is 1.30. The van der Waals surface area contributed by atoms with Crippen LogP contribution in [0.3, 0.4) is 0 Å². The maximum Gasteiger partial charge on any atom is 0.340 e. The Hall–Kier alpha value is -3.53. The van der Waals surface area contributed by atoms with Crippen molar-refractivity contribution < 1.29 is 33.5 Å². The van der Waals surface area contributed by atoms with Gasteiger partial charge in [-0.25, -0.2) is 9.18 Å². The van der Waals surface area contributed by atoms with E-state index in [9.17, 15) is 24.1 Å². The number of esters is 1. The fourth-order valence-corrected chi connectivity index (χ4v) is 2.34. The lowest BCUT2D eigenvalue weighted by Gasteiger charge is -2.12. The summed E-state index contributed by atoms with van der Waals surface area (Å²) >= 11 is 0. The standard InChI is InChI=1S/C18H17FN2O7/c1-27-17-5-2-11(19)8-14(17)16(23)10-28-18(24)13-9-12(21(25)26)3-4-15(13)20-6-7-22/h2-5,8-9,20,22H,6-7,10H2,1H3. The lowest BCUT2D eigenvalue weighted by molar-refractivity contribution is -0.384. The maximum atomic E-state index is 13.4. The molecule has 0 unspecified atom stereocenters. The summed E-state index contributed by atoms with van der Waals surface area (Å²) in [5, 5.41) is 22.6. The molecule has 0 aliphatic rings. The fraction of sp³-hybridized carbons (Fsp3) is 0.222. The van der Waals surface area contributed by atoms with Crippen molar-refractivity contribution in [1.29, 1.82) is 0 Å². The van der Waals surface area contributed by atoms with Crippen molar-refractivity contribution in [2.45, 2.75) is 0 Å². The van der Waals surface area contributed by atoms with Crippen LogP contribution in [0.15, 0.2) is 36.4 Å². The number of nitro benzene ring substituents is 1. The molecule has 0 aliphatic heterocycles. The normalized spacial score (nSPS) is 10.2. The van der Waals surface area contributed by atoms with Crippen LogP contribution in [0.5, 0.6) is 5.75 Å². The molecule has 0 saturated carbocycles. The number of methoxy groups -OCH3 is 1. The number of aliphatic hydroxyl groups excluding tert-OH is 1. The number of ether oxygens (including phenoxy) is 2. The molecule has 0 saturated heterocycles. The molecule has 2 rings (SSSR count). The van der Waals surface area contributed by atoms with E-state index < -0.39 is 29.1 Å². The zero-order valence-electron chi connectivity index (χ0n) is 14.8. The number of non-ortho nitro benzene ring substituents is 1. The monoisotopic (exact) mass is 392 g/mol. The highest BCUT2D eigenvalue weighted by atomic mass is 19.1. The largest absolute Gasteiger partial charge is 0.496 e.